The van der Waals surface area contributed by atoms with E-state index in [-0.39, 0.29) is 11.9 Å². The summed E-state index contributed by atoms with van der Waals surface area (Å²) in [5.74, 6) is -0.106. The molecule has 0 N–H and O–H groups in total. The standard InChI is InChI=1S/C17H20O4/c1-20-16(18)11-12-3-5-13(6-4-12)14-7-9-15(10-8-14)17(19)21-2/h7-11,13H,3-6H2,1-2H3. The van der Waals surface area contributed by atoms with Crippen molar-refractivity contribution in [2.45, 2.75) is 31.6 Å². The van der Waals surface area contributed by atoms with Gasteiger partial charge in [0.2, 0.25) is 0 Å². The predicted molar refractivity (Wildman–Crippen MR) is 79.1 cm³/mol. The summed E-state index contributed by atoms with van der Waals surface area (Å²) in [6, 6.07) is 7.60. The molecule has 4 nitrogen and oxygen atoms in total. The lowest BCUT2D eigenvalue weighted by Crippen LogP contribution is -2.09. The van der Waals surface area contributed by atoms with Crippen LogP contribution in [0.15, 0.2) is 35.9 Å². The van der Waals surface area contributed by atoms with Crippen molar-refractivity contribution in [3.63, 3.8) is 0 Å². The topological polar surface area (TPSA) is 52.6 Å². The Labute approximate surface area is 124 Å². The van der Waals surface area contributed by atoms with E-state index in [0.29, 0.717) is 11.5 Å². The minimum Gasteiger partial charge on any atom is -0.466 e. The van der Waals surface area contributed by atoms with E-state index in [2.05, 4.69) is 4.74 Å². The number of hydrogen-bond donors (Lipinski definition) is 0. The second-order valence-electron chi connectivity index (χ2n) is 5.21. The van der Waals surface area contributed by atoms with Gasteiger partial charge in [0.15, 0.2) is 0 Å². The number of carbonyl (C=O) groups excluding carboxylic acids is 2. The first-order chi connectivity index (χ1) is 10.1. The number of ether oxygens (including phenoxy) is 2. The number of methoxy groups -OCH3 is 2. The van der Waals surface area contributed by atoms with E-state index in [4.69, 9.17) is 4.74 Å². The van der Waals surface area contributed by atoms with Crippen LogP contribution in [0.4, 0.5) is 0 Å². The molecule has 2 rings (SSSR count). The molecule has 112 valence electrons. The van der Waals surface area contributed by atoms with Crippen LogP contribution in [-0.2, 0) is 14.3 Å². The Hall–Kier alpha value is -2.10. The fourth-order valence-electron chi connectivity index (χ4n) is 2.70. The second kappa shape index (κ2) is 7.07. The molecule has 1 fully saturated rings. The Bertz CT molecular complexity index is 532. The van der Waals surface area contributed by atoms with Gasteiger partial charge < -0.3 is 9.47 Å². The summed E-state index contributed by atoms with van der Waals surface area (Å²) in [5, 5.41) is 0. The molecule has 1 aliphatic rings. The van der Waals surface area contributed by atoms with Gasteiger partial charge in [-0.05, 0) is 49.3 Å². The highest BCUT2D eigenvalue weighted by Crippen LogP contribution is 2.35. The van der Waals surface area contributed by atoms with Crippen LogP contribution < -0.4 is 0 Å². The van der Waals surface area contributed by atoms with Gasteiger partial charge in [0.25, 0.3) is 0 Å². The molecule has 0 amide bonds. The smallest absolute Gasteiger partial charge is 0.337 e. The first kappa shape index (κ1) is 15.3. The van der Waals surface area contributed by atoms with E-state index in [1.807, 2.05) is 12.1 Å². The van der Waals surface area contributed by atoms with Gasteiger partial charge in [-0.1, -0.05) is 17.7 Å². The number of benzene rings is 1. The highest BCUT2D eigenvalue weighted by molar-refractivity contribution is 5.89. The molecule has 0 heterocycles. The van der Waals surface area contributed by atoms with Gasteiger partial charge in [-0.15, -0.1) is 0 Å². The second-order valence-corrected chi connectivity index (χ2v) is 5.21. The molecule has 0 radical (unpaired) electrons. The highest BCUT2D eigenvalue weighted by atomic mass is 16.5. The molecule has 21 heavy (non-hydrogen) atoms. The summed E-state index contributed by atoms with van der Waals surface area (Å²) in [4.78, 5) is 22.6. The maximum Gasteiger partial charge on any atom is 0.337 e. The van der Waals surface area contributed by atoms with Gasteiger partial charge in [-0.3, -0.25) is 0 Å². The van der Waals surface area contributed by atoms with Crippen molar-refractivity contribution in [1.29, 1.82) is 0 Å². The molecular weight excluding hydrogens is 268 g/mol. The first-order valence-corrected chi connectivity index (χ1v) is 7.09. The Morgan fingerprint density at radius 3 is 2.19 bits per heavy atom. The van der Waals surface area contributed by atoms with Crippen molar-refractivity contribution in [1.82, 2.24) is 0 Å². The van der Waals surface area contributed by atoms with Crippen LogP contribution in [0, 0.1) is 0 Å². The van der Waals surface area contributed by atoms with E-state index in [9.17, 15) is 9.59 Å². The van der Waals surface area contributed by atoms with Crippen LogP contribution >= 0.6 is 0 Å². The Morgan fingerprint density at radius 1 is 1.05 bits per heavy atom. The quantitative estimate of drug-likeness (QED) is 0.633. The van der Waals surface area contributed by atoms with Crippen molar-refractivity contribution in [2.24, 2.45) is 0 Å². The Balaban J connectivity index is 1.97. The average molecular weight is 288 g/mol. The molecule has 0 atom stereocenters. The van der Waals surface area contributed by atoms with Gasteiger partial charge in [-0.2, -0.15) is 0 Å². The van der Waals surface area contributed by atoms with Crippen LogP contribution in [0.2, 0.25) is 0 Å². The third-order valence-electron chi connectivity index (χ3n) is 3.95. The number of carbonyl (C=O) groups is 2. The lowest BCUT2D eigenvalue weighted by atomic mass is 9.81. The maximum absolute atomic E-state index is 11.4. The van der Waals surface area contributed by atoms with E-state index < -0.39 is 0 Å². The summed E-state index contributed by atoms with van der Waals surface area (Å²) in [7, 11) is 2.78. The van der Waals surface area contributed by atoms with Crippen molar-refractivity contribution in [2.75, 3.05) is 14.2 Å². The number of hydrogen-bond acceptors (Lipinski definition) is 4. The number of rotatable bonds is 3. The van der Waals surface area contributed by atoms with Gasteiger partial charge in [0.05, 0.1) is 19.8 Å². The summed E-state index contributed by atoms with van der Waals surface area (Å²) in [6.45, 7) is 0. The molecule has 0 aliphatic heterocycles. The van der Waals surface area contributed by atoms with E-state index in [1.54, 1.807) is 18.2 Å². The molecular formula is C17H20O4. The Kier molecular flexibility index (Phi) is 5.14. The van der Waals surface area contributed by atoms with Crippen molar-refractivity contribution in [3.05, 3.63) is 47.0 Å². The summed E-state index contributed by atoms with van der Waals surface area (Å²) < 4.78 is 9.34. The van der Waals surface area contributed by atoms with Crippen LogP contribution in [-0.4, -0.2) is 26.2 Å². The minimum atomic E-state index is -0.312. The summed E-state index contributed by atoms with van der Waals surface area (Å²) >= 11 is 0. The van der Waals surface area contributed by atoms with Crippen LogP contribution in [0.3, 0.4) is 0 Å². The zero-order chi connectivity index (χ0) is 15.2. The lowest BCUT2D eigenvalue weighted by Gasteiger charge is -2.24. The molecule has 0 spiro atoms. The third-order valence-corrected chi connectivity index (χ3v) is 3.95. The largest absolute Gasteiger partial charge is 0.466 e. The fourth-order valence-corrected chi connectivity index (χ4v) is 2.70. The lowest BCUT2D eigenvalue weighted by molar-refractivity contribution is -0.134. The molecule has 0 saturated heterocycles. The van der Waals surface area contributed by atoms with E-state index >= 15 is 0 Å². The van der Waals surface area contributed by atoms with Gasteiger partial charge in [-0.25, -0.2) is 9.59 Å². The average Bonchev–Trinajstić information content (AvgIpc) is 2.55. The minimum absolute atomic E-state index is 0.272. The fraction of sp³-hybridized carbons (Fsp3) is 0.412. The highest BCUT2D eigenvalue weighted by Gasteiger charge is 2.19. The maximum atomic E-state index is 11.4. The zero-order valence-electron chi connectivity index (χ0n) is 12.4. The van der Waals surface area contributed by atoms with Crippen molar-refractivity contribution >= 4 is 11.9 Å². The molecule has 1 saturated carbocycles. The van der Waals surface area contributed by atoms with Gasteiger partial charge in [0, 0.05) is 6.08 Å². The van der Waals surface area contributed by atoms with Gasteiger partial charge in [0.1, 0.15) is 0 Å². The van der Waals surface area contributed by atoms with E-state index in [0.717, 1.165) is 31.3 Å². The van der Waals surface area contributed by atoms with Crippen LogP contribution in [0.1, 0.15) is 47.5 Å². The normalized spacial score (nSPS) is 18.0. The summed E-state index contributed by atoms with van der Waals surface area (Å²) in [6.07, 6.45) is 5.47. The van der Waals surface area contributed by atoms with Crippen LogP contribution in [0.25, 0.3) is 0 Å². The predicted octanol–water partition coefficient (Wildman–Crippen LogP) is 3.23. The molecule has 0 bridgehead atoms. The third kappa shape index (κ3) is 3.94. The number of esters is 2. The molecule has 4 heteroatoms. The molecule has 0 aromatic heterocycles. The Morgan fingerprint density at radius 2 is 1.67 bits per heavy atom. The molecule has 1 aliphatic carbocycles. The molecule has 0 unspecified atom stereocenters. The molecule has 1 aromatic carbocycles. The summed E-state index contributed by atoms with van der Waals surface area (Å²) in [5.41, 5.74) is 2.97. The van der Waals surface area contributed by atoms with Crippen molar-refractivity contribution in [3.8, 4) is 0 Å². The molecule has 1 aromatic rings. The monoisotopic (exact) mass is 288 g/mol. The van der Waals surface area contributed by atoms with Crippen molar-refractivity contribution < 1.29 is 19.1 Å². The van der Waals surface area contributed by atoms with Crippen LogP contribution in [0.5, 0.6) is 0 Å². The zero-order valence-corrected chi connectivity index (χ0v) is 12.4. The first-order valence-electron chi connectivity index (χ1n) is 7.09. The van der Waals surface area contributed by atoms with Gasteiger partial charge >= 0.3 is 11.9 Å². The number of allylic oxidation sites excluding steroid dienone is 1. The SMILES string of the molecule is COC(=O)C=C1CCC(c2ccc(C(=O)OC)cc2)CC1. The van der Waals surface area contributed by atoms with E-state index in [1.165, 1.54) is 19.8 Å².